The molecule has 1 amide bonds. The molecule has 0 aliphatic carbocycles. The van der Waals surface area contributed by atoms with Crippen LogP contribution in [0.1, 0.15) is 16.3 Å². The van der Waals surface area contributed by atoms with Gasteiger partial charge >= 0.3 is 0 Å². The number of benzene rings is 2. The minimum Gasteiger partial charge on any atom is -0.378 e. The molecule has 1 heterocycles. The van der Waals surface area contributed by atoms with Gasteiger partial charge in [0.2, 0.25) is 0 Å². The number of nitrogens with one attached hydrogen (secondary N) is 2. The number of carbonyl (C=O) groups is 1. The van der Waals surface area contributed by atoms with Gasteiger partial charge in [0.15, 0.2) is 0 Å². The van der Waals surface area contributed by atoms with Crippen molar-refractivity contribution < 1.29 is 4.79 Å². The van der Waals surface area contributed by atoms with E-state index in [0.717, 1.165) is 11.4 Å². The van der Waals surface area contributed by atoms with Crippen LogP contribution < -0.4 is 15.5 Å². The lowest BCUT2D eigenvalue weighted by Crippen LogP contribution is -2.15. The molecule has 27 heavy (non-hydrogen) atoms. The van der Waals surface area contributed by atoms with Crippen LogP contribution in [0.3, 0.4) is 0 Å². The summed E-state index contributed by atoms with van der Waals surface area (Å²) in [6.45, 7) is 1.74. The Balaban J connectivity index is 1.77. The molecule has 3 aromatic rings. The van der Waals surface area contributed by atoms with Crippen LogP contribution in [0.4, 0.5) is 22.9 Å². The second-order valence-electron chi connectivity index (χ2n) is 6.22. The zero-order chi connectivity index (χ0) is 19.4. The number of aromatic nitrogens is 2. The van der Waals surface area contributed by atoms with E-state index in [-0.39, 0.29) is 11.6 Å². The first-order chi connectivity index (χ1) is 12.9. The summed E-state index contributed by atoms with van der Waals surface area (Å²) in [6.07, 6.45) is 0. The number of hydrogen-bond donors (Lipinski definition) is 2. The minimum atomic E-state index is -0.299. The zero-order valence-corrected chi connectivity index (χ0v) is 16.1. The summed E-state index contributed by atoms with van der Waals surface area (Å²) < 4.78 is 0. The Morgan fingerprint density at radius 2 is 1.74 bits per heavy atom. The average Bonchev–Trinajstić information content (AvgIpc) is 2.61. The van der Waals surface area contributed by atoms with E-state index in [4.69, 9.17) is 11.6 Å². The Kier molecular flexibility index (Phi) is 5.57. The highest BCUT2D eigenvalue weighted by Gasteiger charge is 2.11. The van der Waals surface area contributed by atoms with E-state index < -0.39 is 0 Å². The molecule has 7 heteroatoms. The number of amides is 1. The second-order valence-corrected chi connectivity index (χ2v) is 6.65. The third-order valence-electron chi connectivity index (χ3n) is 3.81. The number of anilines is 4. The first-order valence-electron chi connectivity index (χ1n) is 8.38. The van der Waals surface area contributed by atoms with E-state index in [2.05, 4.69) is 20.6 Å². The molecule has 2 N–H and O–H groups in total. The number of hydrogen-bond acceptors (Lipinski definition) is 5. The topological polar surface area (TPSA) is 70.2 Å². The molecule has 0 aliphatic heterocycles. The van der Waals surface area contributed by atoms with Gasteiger partial charge in [-0.15, -0.1) is 0 Å². The van der Waals surface area contributed by atoms with Gasteiger partial charge in [0.05, 0.1) is 0 Å². The SMILES string of the molecule is Cc1nc(Nc2cccc(Cl)c2)cc(C(=O)Nc2ccc(N(C)C)cc2)n1. The van der Waals surface area contributed by atoms with Crippen LogP contribution in [0.5, 0.6) is 0 Å². The molecule has 6 nitrogen and oxygen atoms in total. The first kappa shape index (κ1) is 18.7. The summed E-state index contributed by atoms with van der Waals surface area (Å²) in [6, 6.07) is 16.5. The monoisotopic (exact) mass is 381 g/mol. The van der Waals surface area contributed by atoms with Crippen molar-refractivity contribution in [3.8, 4) is 0 Å². The smallest absolute Gasteiger partial charge is 0.274 e. The number of halogens is 1. The molecule has 0 unspecified atom stereocenters. The van der Waals surface area contributed by atoms with Crippen molar-refractivity contribution in [2.45, 2.75) is 6.92 Å². The molecule has 2 aromatic carbocycles. The van der Waals surface area contributed by atoms with E-state index in [1.807, 2.05) is 55.4 Å². The lowest BCUT2D eigenvalue weighted by atomic mass is 10.2. The molecular weight excluding hydrogens is 362 g/mol. The third-order valence-corrected chi connectivity index (χ3v) is 4.04. The maximum absolute atomic E-state index is 12.6. The van der Waals surface area contributed by atoms with Gasteiger partial charge in [-0.05, 0) is 49.4 Å². The van der Waals surface area contributed by atoms with E-state index >= 15 is 0 Å². The molecule has 1 aromatic heterocycles. The quantitative estimate of drug-likeness (QED) is 0.680. The fraction of sp³-hybridized carbons (Fsp3) is 0.150. The highest BCUT2D eigenvalue weighted by atomic mass is 35.5. The lowest BCUT2D eigenvalue weighted by Gasteiger charge is -2.13. The van der Waals surface area contributed by atoms with E-state index in [0.29, 0.717) is 22.4 Å². The van der Waals surface area contributed by atoms with Crippen molar-refractivity contribution in [1.29, 1.82) is 0 Å². The first-order valence-corrected chi connectivity index (χ1v) is 8.75. The Morgan fingerprint density at radius 1 is 1.00 bits per heavy atom. The van der Waals surface area contributed by atoms with E-state index in [1.165, 1.54) is 0 Å². The molecule has 3 rings (SSSR count). The van der Waals surface area contributed by atoms with Crippen molar-refractivity contribution in [2.24, 2.45) is 0 Å². The zero-order valence-electron chi connectivity index (χ0n) is 15.3. The molecule has 0 atom stereocenters. The molecule has 0 saturated carbocycles. The Bertz CT molecular complexity index is 957. The van der Waals surface area contributed by atoms with Crippen LogP contribution in [0, 0.1) is 6.92 Å². The molecule has 0 bridgehead atoms. The van der Waals surface area contributed by atoms with Crippen LogP contribution in [-0.4, -0.2) is 30.0 Å². The Labute approximate surface area is 163 Å². The van der Waals surface area contributed by atoms with Crippen LogP contribution in [-0.2, 0) is 0 Å². The highest BCUT2D eigenvalue weighted by molar-refractivity contribution is 6.30. The predicted octanol–water partition coefficient (Wildman–Crippen LogP) is 4.50. The van der Waals surface area contributed by atoms with Crippen LogP contribution in [0.25, 0.3) is 0 Å². The third kappa shape index (κ3) is 4.95. The number of aryl methyl sites for hydroxylation is 1. The maximum atomic E-state index is 12.6. The van der Waals surface area contributed by atoms with Crippen LogP contribution >= 0.6 is 11.6 Å². The molecule has 0 aliphatic rings. The summed E-state index contributed by atoms with van der Waals surface area (Å²) in [7, 11) is 3.93. The van der Waals surface area contributed by atoms with Crippen molar-refractivity contribution in [2.75, 3.05) is 29.6 Å². The second kappa shape index (κ2) is 8.05. The maximum Gasteiger partial charge on any atom is 0.274 e. The fourth-order valence-corrected chi connectivity index (χ4v) is 2.69. The van der Waals surface area contributed by atoms with Gasteiger partial charge < -0.3 is 15.5 Å². The standard InChI is InChI=1S/C20H20ClN5O/c1-13-22-18(12-19(23-13)24-16-6-4-5-14(21)11-16)20(27)25-15-7-9-17(10-8-15)26(2)3/h4-12H,1-3H3,(H,25,27)(H,22,23,24). The summed E-state index contributed by atoms with van der Waals surface area (Å²) in [5.41, 5.74) is 2.82. The fourth-order valence-electron chi connectivity index (χ4n) is 2.50. The van der Waals surface area contributed by atoms with Crippen molar-refractivity contribution in [3.63, 3.8) is 0 Å². The average molecular weight is 382 g/mol. The molecule has 0 saturated heterocycles. The molecule has 0 radical (unpaired) electrons. The van der Waals surface area contributed by atoms with Gasteiger partial charge in [-0.3, -0.25) is 4.79 Å². The van der Waals surface area contributed by atoms with E-state index in [9.17, 15) is 4.79 Å². The Morgan fingerprint density at radius 3 is 2.41 bits per heavy atom. The summed E-state index contributed by atoms with van der Waals surface area (Å²) in [5.74, 6) is 0.722. The van der Waals surface area contributed by atoms with Crippen molar-refractivity contribution in [1.82, 2.24) is 9.97 Å². The van der Waals surface area contributed by atoms with Crippen LogP contribution in [0.2, 0.25) is 5.02 Å². The Hall–Kier alpha value is -3.12. The van der Waals surface area contributed by atoms with Crippen molar-refractivity contribution in [3.05, 3.63) is 71.1 Å². The summed E-state index contributed by atoms with van der Waals surface area (Å²) in [4.78, 5) is 23.1. The number of rotatable bonds is 5. The minimum absolute atomic E-state index is 0.281. The lowest BCUT2D eigenvalue weighted by molar-refractivity contribution is 0.102. The van der Waals surface area contributed by atoms with Crippen LogP contribution in [0.15, 0.2) is 54.6 Å². The summed E-state index contributed by atoms with van der Waals surface area (Å²) in [5, 5.41) is 6.61. The normalized spacial score (nSPS) is 10.4. The molecule has 0 spiro atoms. The molecule has 138 valence electrons. The molecule has 0 fully saturated rings. The predicted molar refractivity (Wildman–Crippen MR) is 110 cm³/mol. The summed E-state index contributed by atoms with van der Waals surface area (Å²) >= 11 is 6.01. The number of carbonyl (C=O) groups excluding carboxylic acids is 1. The van der Waals surface area contributed by atoms with Crippen molar-refractivity contribution >= 4 is 40.4 Å². The largest absolute Gasteiger partial charge is 0.378 e. The van der Waals surface area contributed by atoms with Gasteiger partial charge in [-0.1, -0.05) is 17.7 Å². The van der Waals surface area contributed by atoms with Gasteiger partial charge in [0, 0.05) is 42.2 Å². The van der Waals surface area contributed by atoms with Gasteiger partial charge in [0.1, 0.15) is 17.3 Å². The molecular formula is C20H20ClN5O. The van der Waals surface area contributed by atoms with E-state index in [1.54, 1.807) is 25.1 Å². The highest BCUT2D eigenvalue weighted by Crippen LogP contribution is 2.20. The van der Waals surface area contributed by atoms with Gasteiger partial charge in [-0.2, -0.15) is 0 Å². The number of nitrogens with zero attached hydrogens (tertiary/aromatic N) is 3. The van der Waals surface area contributed by atoms with Gasteiger partial charge in [0.25, 0.3) is 5.91 Å². The van der Waals surface area contributed by atoms with Gasteiger partial charge in [-0.25, -0.2) is 9.97 Å².